The number of nitrogens with zero attached hydrogens (tertiary/aromatic N) is 1. The smallest absolute Gasteiger partial charge is 0.211 e. The highest BCUT2D eigenvalue weighted by Crippen LogP contribution is 2.18. The van der Waals surface area contributed by atoms with Crippen LogP contribution in [0.1, 0.15) is 32.3 Å². The quantitative estimate of drug-likeness (QED) is 0.837. The summed E-state index contributed by atoms with van der Waals surface area (Å²) in [5.41, 5.74) is 1.07. The maximum absolute atomic E-state index is 12.1. The van der Waals surface area contributed by atoms with Gasteiger partial charge in [-0.25, -0.2) is 13.1 Å². The van der Waals surface area contributed by atoms with Crippen molar-refractivity contribution in [2.45, 2.75) is 39.2 Å². The molecule has 0 radical (unpaired) electrons. The Morgan fingerprint density at radius 3 is 2.41 bits per heavy atom. The number of hydrogen-bond acceptors (Lipinski definition) is 3. The molecular formula is C17H28N2O2S. The Hall–Kier alpha value is -0.910. The molecule has 0 saturated carbocycles. The van der Waals surface area contributed by atoms with E-state index in [0.717, 1.165) is 31.5 Å². The van der Waals surface area contributed by atoms with Crippen LogP contribution in [0.4, 0.5) is 0 Å². The van der Waals surface area contributed by atoms with Gasteiger partial charge in [-0.3, -0.25) is 0 Å². The molecule has 0 spiro atoms. The predicted molar refractivity (Wildman–Crippen MR) is 91.4 cm³/mol. The summed E-state index contributed by atoms with van der Waals surface area (Å²) in [4.78, 5) is 2.46. The van der Waals surface area contributed by atoms with Gasteiger partial charge < -0.3 is 4.90 Å². The van der Waals surface area contributed by atoms with E-state index < -0.39 is 10.0 Å². The van der Waals surface area contributed by atoms with Crippen molar-refractivity contribution in [1.29, 1.82) is 0 Å². The number of hydrogen-bond donors (Lipinski definition) is 1. The highest BCUT2D eigenvalue weighted by molar-refractivity contribution is 7.89. The van der Waals surface area contributed by atoms with E-state index in [-0.39, 0.29) is 5.75 Å². The van der Waals surface area contributed by atoms with E-state index in [1.165, 1.54) is 0 Å². The second-order valence-corrected chi connectivity index (χ2v) is 8.40. The number of benzene rings is 1. The fourth-order valence-electron chi connectivity index (χ4n) is 2.89. The minimum atomic E-state index is -3.17. The van der Waals surface area contributed by atoms with Gasteiger partial charge in [-0.15, -0.1) is 0 Å². The average molecular weight is 324 g/mol. The molecule has 0 unspecified atom stereocenters. The molecule has 1 aromatic carbocycles. The molecule has 4 nitrogen and oxygen atoms in total. The normalized spacial score (nSPS) is 18.0. The fourth-order valence-corrected chi connectivity index (χ4v) is 4.03. The molecule has 0 atom stereocenters. The van der Waals surface area contributed by atoms with Crippen molar-refractivity contribution >= 4 is 10.0 Å². The van der Waals surface area contributed by atoms with Crippen LogP contribution >= 0.6 is 0 Å². The molecule has 1 aliphatic rings. The third-order valence-electron chi connectivity index (χ3n) is 4.47. The van der Waals surface area contributed by atoms with Crippen LogP contribution in [-0.2, 0) is 16.4 Å². The Morgan fingerprint density at radius 1 is 1.18 bits per heavy atom. The Bertz CT molecular complexity index is 535. The van der Waals surface area contributed by atoms with Gasteiger partial charge in [0.2, 0.25) is 10.0 Å². The summed E-state index contributed by atoms with van der Waals surface area (Å²) in [5, 5.41) is 0. The molecule has 1 aliphatic heterocycles. The van der Waals surface area contributed by atoms with Gasteiger partial charge in [0.25, 0.3) is 0 Å². The fraction of sp³-hybridized carbons (Fsp3) is 0.647. The first-order valence-corrected chi connectivity index (χ1v) is 9.87. The maximum atomic E-state index is 12.1. The third kappa shape index (κ3) is 5.71. The molecule has 1 aromatic rings. The summed E-state index contributed by atoms with van der Waals surface area (Å²) in [6.45, 7) is 7.17. The van der Waals surface area contributed by atoms with Gasteiger partial charge in [-0.2, -0.15) is 0 Å². The summed E-state index contributed by atoms with van der Waals surface area (Å²) in [5.74, 6) is 0.642. The lowest BCUT2D eigenvalue weighted by Crippen LogP contribution is -2.41. The summed E-state index contributed by atoms with van der Waals surface area (Å²) in [7, 11) is -3.17. The second-order valence-electron chi connectivity index (χ2n) is 6.48. The summed E-state index contributed by atoms with van der Waals surface area (Å²) >= 11 is 0. The largest absolute Gasteiger partial charge is 0.301 e. The van der Waals surface area contributed by atoms with Gasteiger partial charge >= 0.3 is 0 Å². The number of sulfonamides is 1. The first-order valence-electron chi connectivity index (χ1n) is 8.21. The van der Waals surface area contributed by atoms with Crippen LogP contribution in [0.2, 0.25) is 0 Å². The summed E-state index contributed by atoms with van der Waals surface area (Å²) in [6.07, 6.45) is 2.74. The highest BCUT2D eigenvalue weighted by atomic mass is 32.2. The van der Waals surface area contributed by atoms with E-state index in [0.29, 0.717) is 24.9 Å². The SMILES string of the molecule is CC(C)N1CCC(CNS(=O)(=O)CCc2ccccc2)CC1. The summed E-state index contributed by atoms with van der Waals surface area (Å²) < 4.78 is 27.0. The molecular weight excluding hydrogens is 296 g/mol. The number of rotatable bonds is 7. The zero-order valence-corrected chi connectivity index (χ0v) is 14.5. The van der Waals surface area contributed by atoms with Crippen molar-refractivity contribution in [2.75, 3.05) is 25.4 Å². The van der Waals surface area contributed by atoms with Crippen LogP contribution in [0.3, 0.4) is 0 Å². The zero-order chi connectivity index (χ0) is 16.0. The van der Waals surface area contributed by atoms with E-state index in [1.54, 1.807) is 0 Å². The molecule has 0 aromatic heterocycles. The van der Waals surface area contributed by atoms with Gasteiger partial charge in [0, 0.05) is 12.6 Å². The minimum absolute atomic E-state index is 0.169. The molecule has 1 saturated heterocycles. The van der Waals surface area contributed by atoms with Crippen molar-refractivity contribution < 1.29 is 8.42 Å². The van der Waals surface area contributed by atoms with E-state index in [1.807, 2.05) is 30.3 Å². The Morgan fingerprint density at radius 2 is 1.82 bits per heavy atom. The van der Waals surface area contributed by atoms with Crippen LogP contribution in [0.25, 0.3) is 0 Å². The molecule has 124 valence electrons. The van der Waals surface area contributed by atoms with E-state index in [9.17, 15) is 8.42 Å². The topological polar surface area (TPSA) is 49.4 Å². The van der Waals surface area contributed by atoms with Crippen LogP contribution in [0, 0.1) is 5.92 Å². The van der Waals surface area contributed by atoms with Crippen LogP contribution in [0.15, 0.2) is 30.3 Å². The molecule has 0 amide bonds. The molecule has 0 aliphatic carbocycles. The standard InChI is InChI=1S/C17H28N2O2S/c1-15(2)19-11-8-17(9-12-19)14-18-22(20,21)13-10-16-6-4-3-5-7-16/h3-7,15,17-18H,8-14H2,1-2H3. The lowest BCUT2D eigenvalue weighted by molar-refractivity contribution is 0.151. The Kier molecular flexibility index (Phi) is 6.41. The van der Waals surface area contributed by atoms with Crippen molar-refractivity contribution in [3.63, 3.8) is 0 Å². The average Bonchev–Trinajstić information content (AvgIpc) is 2.53. The van der Waals surface area contributed by atoms with Gasteiger partial charge in [0.1, 0.15) is 0 Å². The van der Waals surface area contributed by atoms with Crippen molar-refractivity contribution in [3.05, 3.63) is 35.9 Å². The van der Waals surface area contributed by atoms with Gasteiger partial charge in [0.05, 0.1) is 5.75 Å². The highest BCUT2D eigenvalue weighted by Gasteiger charge is 2.22. The van der Waals surface area contributed by atoms with E-state index in [2.05, 4.69) is 23.5 Å². The van der Waals surface area contributed by atoms with Gasteiger partial charge in [-0.05, 0) is 57.7 Å². The summed E-state index contributed by atoms with van der Waals surface area (Å²) in [6, 6.07) is 10.4. The zero-order valence-electron chi connectivity index (χ0n) is 13.7. The van der Waals surface area contributed by atoms with Crippen molar-refractivity contribution in [3.8, 4) is 0 Å². The number of nitrogens with one attached hydrogen (secondary N) is 1. The first-order chi connectivity index (χ1) is 10.5. The molecule has 1 N–H and O–H groups in total. The molecule has 22 heavy (non-hydrogen) atoms. The van der Waals surface area contributed by atoms with Crippen molar-refractivity contribution in [2.24, 2.45) is 5.92 Å². The third-order valence-corrected chi connectivity index (χ3v) is 5.82. The number of piperidine rings is 1. The van der Waals surface area contributed by atoms with E-state index >= 15 is 0 Å². The maximum Gasteiger partial charge on any atom is 0.211 e. The lowest BCUT2D eigenvalue weighted by Gasteiger charge is -2.34. The molecule has 0 bridgehead atoms. The van der Waals surface area contributed by atoms with Gasteiger partial charge in [0.15, 0.2) is 0 Å². The van der Waals surface area contributed by atoms with Crippen LogP contribution in [0.5, 0.6) is 0 Å². The molecule has 1 fully saturated rings. The van der Waals surface area contributed by atoms with Crippen molar-refractivity contribution in [1.82, 2.24) is 9.62 Å². The molecule has 2 rings (SSSR count). The Balaban J connectivity index is 1.72. The predicted octanol–water partition coefficient (Wildman–Crippen LogP) is 2.27. The first kappa shape index (κ1) is 17.4. The lowest BCUT2D eigenvalue weighted by atomic mass is 9.96. The monoisotopic (exact) mass is 324 g/mol. The Labute approximate surface area is 135 Å². The second kappa shape index (κ2) is 8.09. The molecule has 1 heterocycles. The van der Waals surface area contributed by atoms with E-state index in [4.69, 9.17) is 0 Å². The number of aryl methyl sites for hydroxylation is 1. The molecule has 5 heteroatoms. The minimum Gasteiger partial charge on any atom is -0.301 e. The number of likely N-dealkylation sites (tertiary alicyclic amines) is 1. The van der Waals surface area contributed by atoms with Crippen LogP contribution in [-0.4, -0.2) is 44.7 Å². The van der Waals surface area contributed by atoms with Gasteiger partial charge in [-0.1, -0.05) is 30.3 Å². The van der Waals surface area contributed by atoms with Crippen LogP contribution < -0.4 is 4.72 Å².